The number of imidazole rings is 1. The molecule has 0 fully saturated rings. The van der Waals surface area contributed by atoms with Gasteiger partial charge in [-0.2, -0.15) is 0 Å². The number of ether oxygens (including phenoxy) is 1. The summed E-state index contributed by atoms with van der Waals surface area (Å²) in [4.78, 5) is 2.91. The van der Waals surface area contributed by atoms with E-state index < -0.39 is 5.82 Å². The number of allylic oxidation sites excluding steroid dienone is 1. The minimum atomic E-state index is -0.437. The zero-order valence-electron chi connectivity index (χ0n) is 9.09. The Morgan fingerprint density at radius 1 is 1.65 bits per heavy atom. The molecule has 1 heterocycles. The molecule has 2 rings (SSSR count). The molecule has 90 valence electrons. The number of halogens is 2. The van der Waals surface area contributed by atoms with Gasteiger partial charge in [-0.3, -0.25) is 0 Å². The van der Waals surface area contributed by atoms with E-state index in [0.717, 1.165) is 5.52 Å². The van der Waals surface area contributed by atoms with Crippen LogP contribution in [0.5, 0.6) is 5.75 Å². The number of hydrogen-bond donors (Lipinski definition) is 1. The predicted molar refractivity (Wildman–Crippen MR) is 68.6 cm³/mol. The highest BCUT2D eigenvalue weighted by Gasteiger charge is 2.10. The van der Waals surface area contributed by atoms with Crippen molar-refractivity contribution in [1.29, 1.82) is 0 Å². The summed E-state index contributed by atoms with van der Waals surface area (Å²) >= 11 is 10.9. The number of methoxy groups -OCH3 is 1. The summed E-state index contributed by atoms with van der Waals surface area (Å²) in [5, 5.41) is 0.449. The molecule has 0 amide bonds. The predicted octanol–water partition coefficient (Wildman–Crippen LogP) is 3.60. The molecule has 1 aromatic carbocycles. The second kappa shape index (κ2) is 4.50. The average molecular weight is 273 g/mol. The first-order chi connectivity index (χ1) is 8.02. The Morgan fingerprint density at radius 2 is 2.35 bits per heavy atom. The Morgan fingerprint density at radius 3 is 2.94 bits per heavy atom. The third-order valence-corrected chi connectivity index (χ3v) is 2.82. The van der Waals surface area contributed by atoms with Gasteiger partial charge < -0.3 is 14.3 Å². The summed E-state index contributed by atoms with van der Waals surface area (Å²) in [5.41, 5.74) is 1.33. The summed E-state index contributed by atoms with van der Waals surface area (Å²) in [6.45, 7) is 3.99. The molecule has 0 spiro atoms. The third-order valence-electron chi connectivity index (χ3n) is 2.38. The highest BCUT2D eigenvalue weighted by molar-refractivity contribution is 7.71. The minimum absolute atomic E-state index is 0.167. The van der Waals surface area contributed by atoms with Crippen LogP contribution >= 0.6 is 23.8 Å². The van der Waals surface area contributed by atoms with Gasteiger partial charge in [0.2, 0.25) is 0 Å². The number of nitrogens with one attached hydrogen (secondary N) is 1. The summed E-state index contributed by atoms with van der Waals surface area (Å²) in [5.74, 6) is -0.270. The van der Waals surface area contributed by atoms with Gasteiger partial charge in [-0.05, 0) is 12.2 Å². The summed E-state index contributed by atoms with van der Waals surface area (Å²) in [7, 11) is 1.41. The van der Waals surface area contributed by atoms with Crippen LogP contribution in [0.3, 0.4) is 0 Å². The largest absolute Gasteiger partial charge is 0.494 e. The van der Waals surface area contributed by atoms with Gasteiger partial charge in [0.15, 0.2) is 16.3 Å². The average Bonchev–Trinajstić information content (AvgIpc) is 2.53. The Kier molecular flexibility index (Phi) is 3.22. The van der Waals surface area contributed by atoms with Crippen LogP contribution in [0.25, 0.3) is 11.0 Å². The second-order valence-electron chi connectivity index (χ2n) is 3.54. The molecule has 6 heteroatoms. The van der Waals surface area contributed by atoms with Crippen molar-refractivity contribution in [3.8, 4) is 5.75 Å². The van der Waals surface area contributed by atoms with Crippen molar-refractivity contribution in [2.75, 3.05) is 7.11 Å². The normalized spacial score (nSPS) is 10.8. The van der Waals surface area contributed by atoms with Crippen LogP contribution in [-0.4, -0.2) is 16.7 Å². The molecule has 2 aromatic rings. The molecule has 0 aliphatic carbocycles. The monoisotopic (exact) mass is 272 g/mol. The van der Waals surface area contributed by atoms with Gasteiger partial charge in [0.25, 0.3) is 0 Å². The summed E-state index contributed by atoms with van der Waals surface area (Å²) < 4.78 is 20.6. The maximum absolute atomic E-state index is 13.5. The minimum Gasteiger partial charge on any atom is -0.494 e. The molecular formula is C11H10ClFN2OS. The fourth-order valence-electron chi connectivity index (χ4n) is 1.64. The molecule has 0 aliphatic rings. The van der Waals surface area contributed by atoms with Crippen molar-refractivity contribution in [2.24, 2.45) is 0 Å². The van der Waals surface area contributed by atoms with Crippen molar-refractivity contribution < 1.29 is 9.13 Å². The smallest absolute Gasteiger partial charge is 0.178 e. The Hall–Kier alpha value is -1.33. The fraction of sp³-hybridized carbons (Fsp3) is 0.182. The molecule has 0 radical (unpaired) electrons. The maximum atomic E-state index is 13.5. The van der Waals surface area contributed by atoms with Crippen molar-refractivity contribution >= 4 is 34.9 Å². The van der Waals surface area contributed by atoms with Crippen LogP contribution in [0.2, 0.25) is 0 Å². The molecule has 0 unspecified atom stereocenters. The number of aromatic amines is 1. The van der Waals surface area contributed by atoms with Crippen LogP contribution < -0.4 is 4.74 Å². The summed E-state index contributed by atoms with van der Waals surface area (Å²) in [6.07, 6.45) is 0. The molecule has 0 saturated heterocycles. The van der Waals surface area contributed by atoms with Gasteiger partial charge in [-0.15, -0.1) is 0 Å². The van der Waals surface area contributed by atoms with Crippen LogP contribution in [0.4, 0.5) is 4.39 Å². The lowest BCUT2D eigenvalue weighted by Crippen LogP contribution is -1.98. The maximum Gasteiger partial charge on any atom is 0.178 e. The molecule has 1 aromatic heterocycles. The Bertz CT molecular complexity index is 647. The van der Waals surface area contributed by atoms with Gasteiger partial charge in [-0.25, -0.2) is 4.39 Å². The molecule has 1 N–H and O–H groups in total. The topological polar surface area (TPSA) is 29.9 Å². The van der Waals surface area contributed by atoms with Crippen LogP contribution in [0, 0.1) is 10.6 Å². The zero-order valence-corrected chi connectivity index (χ0v) is 10.7. The van der Waals surface area contributed by atoms with E-state index in [1.54, 1.807) is 10.6 Å². The lowest BCUT2D eigenvalue weighted by molar-refractivity contribution is 0.387. The number of benzene rings is 1. The van der Waals surface area contributed by atoms with E-state index in [-0.39, 0.29) is 5.75 Å². The standard InChI is InChI=1S/C11H10ClFN2OS/c1-6(12)5-15-9-4-10(16-2)7(13)3-8(9)14-11(15)17/h3-4H,1,5H2,2H3,(H,14,17). The quantitative estimate of drug-likeness (QED) is 0.866. The SMILES string of the molecule is C=C(Cl)Cn1c(=S)[nH]c2cc(F)c(OC)cc21. The first-order valence-electron chi connectivity index (χ1n) is 4.82. The van der Waals surface area contributed by atoms with Crippen molar-refractivity contribution in [2.45, 2.75) is 6.54 Å². The van der Waals surface area contributed by atoms with E-state index in [0.29, 0.717) is 21.9 Å². The van der Waals surface area contributed by atoms with Gasteiger partial charge in [-0.1, -0.05) is 18.2 Å². The third kappa shape index (κ3) is 2.21. The van der Waals surface area contributed by atoms with E-state index in [9.17, 15) is 4.39 Å². The van der Waals surface area contributed by atoms with E-state index in [1.165, 1.54) is 13.2 Å². The highest BCUT2D eigenvalue weighted by atomic mass is 35.5. The van der Waals surface area contributed by atoms with Crippen molar-refractivity contribution in [3.63, 3.8) is 0 Å². The van der Waals surface area contributed by atoms with Gasteiger partial charge >= 0.3 is 0 Å². The van der Waals surface area contributed by atoms with Crippen LogP contribution in [0.15, 0.2) is 23.7 Å². The number of H-pyrrole nitrogens is 1. The first kappa shape index (κ1) is 12.1. The molecule has 17 heavy (non-hydrogen) atoms. The first-order valence-corrected chi connectivity index (χ1v) is 5.61. The van der Waals surface area contributed by atoms with Crippen LogP contribution in [-0.2, 0) is 6.54 Å². The fourth-order valence-corrected chi connectivity index (χ4v) is 2.04. The van der Waals surface area contributed by atoms with E-state index in [4.69, 9.17) is 28.6 Å². The Labute approximate surface area is 107 Å². The lowest BCUT2D eigenvalue weighted by atomic mass is 10.3. The number of nitrogens with zero attached hydrogens (tertiary/aromatic N) is 1. The number of hydrogen-bond acceptors (Lipinski definition) is 2. The van der Waals surface area contributed by atoms with Gasteiger partial charge in [0.05, 0.1) is 24.7 Å². The molecule has 0 aliphatic heterocycles. The van der Waals surface area contributed by atoms with E-state index >= 15 is 0 Å². The molecule has 0 atom stereocenters. The van der Waals surface area contributed by atoms with Crippen LogP contribution in [0.1, 0.15) is 0 Å². The van der Waals surface area contributed by atoms with Gasteiger partial charge in [0, 0.05) is 17.2 Å². The summed E-state index contributed by atoms with van der Waals surface area (Å²) in [6, 6.07) is 2.92. The highest BCUT2D eigenvalue weighted by Crippen LogP contribution is 2.25. The Balaban J connectivity index is 2.71. The second-order valence-corrected chi connectivity index (χ2v) is 4.46. The number of fused-ring (bicyclic) bond motifs is 1. The molecule has 0 bridgehead atoms. The number of aromatic nitrogens is 2. The molecule has 0 saturated carbocycles. The van der Waals surface area contributed by atoms with Crippen molar-refractivity contribution in [3.05, 3.63) is 34.3 Å². The zero-order chi connectivity index (χ0) is 12.6. The van der Waals surface area contributed by atoms with Gasteiger partial charge in [0.1, 0.15) is 0 Å². The van der Waals surface area contributed by atoms with E-state index in [1.807, 2.05) is 0 Å². The van der Waals surface area contributed by atoms with E-state index in [2.05, 4.69) is 11.6 Å². The molecule has 3 nitrogen and oxygen atoms in total. The van der Waals surface area contributed by atoms with Crippen molar-refractivity contribution in [1.82, 2.24) is 9.55 Å². The molecular weight excluding hydrogens is 263 g/mol. The lowest BCUT2D eigenvalue weighted by Gasteiger charge is -2.05. The number of rotatable bonds is 3.